The average molecular weight is 631 g/mol. The number of carbonyl (C=O) groups excluding carboxylic acids is 2. The number of hydrogen-bond donors (Lipinski definition) is 1. The van der Waals surface area contributed by atoms with Crippen LogP contribution in [0, 0.1) is 10.8 Å². The predicted octanol–water partition coefficient (Wildman–Crippen LogP) is 10.6. The topological polar surface area (TPSA) is 49.4 Å². The molecule has 256 valence electrons. The predicted molar refractivity (Wildman–Crippen MR) is 201 cm³/mol. The number of nitrogens with zero attached hydrogens (tertiary/aromatic N) is 1. The molecule has 0 radical (unpaired) electrons. The van der Waals surface area contributed by atoms with Crippen LogP contribution in [-0.4, -0.2) is 36.3 Å². The zero-order chi connectivity index (χ0) is 35.6. The Kier molecular flexibility index (Phi) is 14.8. The molecule has 0 aliphatic carbocycles. The molecular formula is C42H66N2O2. The minimum Gasteiger partial charge on any atom is -0.359 e. The smallest absolute Gasteiger partial charge is 0.223 e. The van der Waals surface area contributed by atoms with Gasteiger partial charge in [0.05, 0.1) is 0 Å². The van der Waals surface area contributed by atoms with Crippen molar-refractivity contribution in [3.05, 3.63) is 83.9 Å². The molecule has 0 heterocycles. The van der Waals surface area contributed by atoms with Crippen molar-refractivity contribution < 1.29 is 9.59 Å². The molecule has 4 nitrogen and oxygen atoms in total. The van der Waals surface area contributed by atoms with E-state index >= 15 is 0 Å². The highest BCUT2D eigenvalue weighted by atomic mass is 16.2. The normalized spacial score (nSPS) is 12.5. The average Bonchev–Trinajstić information content (AvgIpc) is 2.95. The van der Waals surface area contributed by atoms with Crippen LogP contribution in [0.3, 0.4) is 0 Å². The molecule has 0 saturated heterocycles. The van der Waals surface area contributed by atoms with Crippen molar-refractivity contribution in [2.75, 3.05) is 14.1 Å². The van der Waals surface area contributed by atoms with E-state index in [1.54, 1.807) is 7.05 Å². The second-order valence-electron chi connectivity index (χ2n) is 16.6. The second kappa shape index (κ2) is 16.6. The molecule has 2 aromatic carbocycles. The molecule has 2 aromatic rings. The third kappa shape index (κ3) is 12.9. The van der Waals surface area contributed by atoms with Gasteiger partial charge in [-0.2, -0.15) is 0 Å². The molecule has 2 rings (SSSR count). The van der Waals surface area contributed by atoms with Gasteiger partial charge < -0.3 is 10.2 Å². The summed E-state index contributed by atoms with van der Waals surface area (Å²) < 4.78 is 0. The first-order valence-electron chi connectivity index (χ1n) is 17.0. The highest BCUT2D eigenvalue weighted by Gasteiger charge is 2.38. The third-order valence-electron chi connectivity index (χ3n) is 9.39. The van der Waals surface area contributed by atoms with Gasteiger partial charge in [-0.1, -0.05) is 143 Å². The zero-order valence-electron chi connectivity index (χ0n) is 31.7. The summed E-state index contributed by atoms with van der Waals surface area (Å²) >= 11 is 0. The monoisotopic (exact) mass is 631 g/mol. The van der Waals surface area contributed by atoms with Crippen LogP contribution in [0.25, 0.3) is 12.2 Å². The van der Waals surface area contributed by atoms with Gasteiger partial charge in [0, 0.05) is 32.5 Å². The van der Waals surface area contributed by atoms with Gasteiger partial charge in [0.1, 0.15) is 0 Å². The molecule has 4 heteroatoms. The Bertz CT molecular complexity index is 1280. The molecule has 0 fully saturated rings. The summed E-state index contributed by atoms with van der Waals surface area (Å²) in [5, 5.41) is 2.71. The summed E-state index contributed by atoms with van der Waals surface area (Å²) in [7, 11) is 3.59. The first kappa shape index (κ1) is 40.9. The van der Waals surface area contributed by atoms with Crippen LogP contribution < -0.4 is 5.32 Å². The van der Waals surface area contributed by atoms with E-state index in [0.29, 0.717) is 18.3 Å². The summed E-state index contributed by atoms with van der Waals surface area (Å²) in [5.41, 5.74) is 4.53. The first-order valence-corrected chi connectivity index (χ1v) is 17.0. The third-order valence-corrected chi connectivity index (χ3v) is 9.39. The van der Waals surface area contributed by atoms with Gasteiger partial charge >= 0.3 is 0 Å². The van der Waals surface area contributed by atoms with Crippen LogP contribution in [0.2, 0.25) is 0 Å². The highest BCUT2D eigenvalue weighted by molar-refractivity contribution is 5.78. The van der Waals surface area contributed by atoms with Gasteiger partial charge in [-0.15, -0.1) is 0 Å². The quantitative estimate of drug-likeness (QED) is 0.213. The molecule has 0 bridgehead atoms. The maximum atomic E-state index is 13.3. The lowest BCUT2D eigenvalue weighted by atomic mass is 9.71. The van der Waals surface area contributed by atoms with Crippen LogP contribution in [0.1, 0.15) is 137 Å². The molecule has 1 N–H and O–H groups in total. The number of benzene rings is 2. The molecule has 0 spiro atoms. The van der Waals surface area contributed by atoms with E-state index in [-0.39, 0.29) is 33.6 Å². The van der Waals surface area contributed by atoms with E-state index in [0.717, 1.165) is 18.4 Å². The molecule has 0 atom stereocenters. The number of rotatable bonds is 15. The SMILES string of the molecule is C=Cc1ccc(C(C)(C)CC(C)(C)N(C)C(=O)CC(C)(C)CC(C)(C)CC(=O)NC)cc1.C=Cc1ccc(C(C)(C)CCC)cc1. The van der Waals surface area contributed by atoms with Gasteiger partial charge in [0.25, 0.3) is 0 Å². The Morgan fingerprint density at radius 3 is 1.50 bits per heavy atom. The lowest BCUT2D eigenvalue weighted by Crippen LogP contribution is -2.49. The van der Waals surface area contributed by atoms with Crippen molar-refractivity contribution >= 4 is 24.0 Å². The standard InChI is InChI=1S/C28H46N2O2.C14H20/c1-12-21-13-15-22(16-14-21)27(6,7)20-28(8,9)30(11)24(32)18-26(4,5)19-25(2,3)17-23(31)29-10;1-5-11-14(3,4)13-9-7-12(6-2)8-10-13/h12-16H,1,17-20H2,2-11H3,(H,29,31);6-10H,2,5,11H2,1,3-4H3. The molecule has 0 aromatic heterocycles. The first-order chi connectivity index (χ1) is 21.0. The van der Waals surface area contributed by atoms with Crippen molar-refractivity contribution in [1.82, 2.24) is 10.2 Å². The Balaban J connectivity index is 0.000000626. The fourth-order valence-electron chi connectivity index (χ4n) is 7.02. The Morgan fingerprint density at radius 2 is 1.11 bits per heavy atom. The van der Waals surface area contributed by atoms with Crippen molar-refractivity contribution in [2.45, 2.75) is 131 Å². The second-order valence-corrected chi connectivity index (χ2v) is 16.6. The van der Waals surface area contributed by atoms with E-state index in [2.05, 4.69) is 143 Å². The number of carbonyl (C=O) groups is 2. The van der Waals surface area contributed by atoms with Gasteiger partial charge in [-0.3, -0.25) is 9.59 Å². The van der Waals surface area contributed by atoms with E-state index < -0.39 is 0 Å². The molecule has 2 amide bonds. The fraction of sp³-hybridized carbons (Fsp3) is 0.571. The fourth-order valence-corrected chi connectivity index (χ4v) is 7.02. The van der Waals surface area contributed by atoms with Crippen LogP contribution in [0.15, 0.2) is 61.7 Å². The zero-order valence-corrected chi connectivity index (χ0v) is 31.7. The minimum atomic E-state index is -0.300. The van der Waals surface area contributed by atoms with E-state index in [9.17, 15) is 9.59 Å². The summed E-state index contributed by atoms with van der Waals surface area (Å²) in [6.45, 7) is 31.7. The maximum Gasteiger partial charge on any atom is 0.223 e. The van der Waals surface area contributed by atoms with Crippen molar-refractivity contribution in [3.8, 4) is 0 Å². The maximum absolute atomic E-state index is 13.3. The van der Waals surface area contributed by atoms with Crippen LogP contribution in [0.5, 0.6) is 0 Å². The Labute approximate surface area is 283 Å². The van der Waals surface area contributed by atoms with Gasteiger partial charge in [0.2, 0.25) is 11.8 Å². The molecule has 0 saturated carbocycles. The highest BCUT2D eigenvalue weighted by Crippen LogP contribution is 2.40. The number of hydrogen-bond acceptors (Lipinski definition) is 2. The number of nitrogens with one attached hydrogen (secondary N) is 1. The molecule has 0 unspecified atom stereocenters. The largest absolute Gasteiger partial charge is 0.359 e. The summed E-state index contributed by atoms with van der Waals surface area (Å²) in [6.07, 6.45) is 8.77. The molecule has 0 aliphatic rings. The van der Waals surface area contributed by atoms with Crippen molar-refractivity contribution in [1.29, 1.82) is 0 Å². The Hall–Kier alpha value is -3.14. The summed E-state index contributed by atoms with van der Waals surface area (Å²) in [6, 6.07) is 17.2. The van der Waals surface area contributed by atoms with Crippen LogP contribution >= 0.6 is 0 Å². The van der Waals surface area contributed by atoms with Gasteiger partial charge in [0.15, 0.2) is 0 Å². The minimum absolute atomic E-state index is 0.0405. The number of amides is 2. The van der Waals surface area contributed by atoms with E-state index in [1.807, 2.05) is 24.1 Å². The lowest BCUT2D eigenvalue weighted by molar-refractivity contribution is -0.137. The van der Waals surface area contributed by atoms with E-state index in [1.165, 1.54) is 29.5 Å². The Morgan fingerprint density at radius 1 is 0.696 bits per heavy atom. The molecular weight excluding hydrogens is 564 g/mol. The van der Waals surface area contributed by atoms with E-state index in [4.69, 9.17) is 0 Å². The van der Waals surface area contributed by atoms with Crippen molar-refractivity contribution in [2.24, 2.45) is 10.8 Å². The molecule has 0 aliphatic heterocycles. The summed E-state index contributed by atoms with van der Waals surface area (Å²) in [5.74, 6) is 0.187. The van der Waals surface area contributed by atoms with Crippen molar-refractivity contribution in [3.63, 3.8) is 0 Å². The van der Waals surface area contributed by atoms with Crippen LogP contribution in [0.4, 0.5) is 0 Å². The van der Waals surface area contributed by atoms with Gasteiger partial charge in [-0.25, -0.2) is 0 Å². The van der Waals surface area contributed by atoms with Gasteiger partial charge in [-0.05, 0) is 77.0 Å². The summed E-state index contributed by atoms with van der Waals surface area (Å²) in [4.78, 5) is 27.1. The lowest BCUT2D eigenvalue weighted by Gasteiger charge is -2.43. The molecule has 46 heavy (non-hydrogen) atoms. The van der Waals surface area contributed by atoms with Crippen LogP contribution in [-0.2, 0) is 20.4 Å².